The number of nitrogens with zero attached hydrogens (tertiary/aromatic N) is 2. The third-order valence-corrected chi connectivity index (χ3v) is 5.56. The Bertz CT molecular complexity index is 632. The molecule has 2 aromatic rings. The zero-order chi connectivity index (χ0) is 14.0. The van der Waals surface area contributed by atoms with E-state index in [0.717, 1.165) is 40.5 Å². The molecule has 0 amide bonds. The molecule has 2 aromatic heterocycles. The van der Waals surface area contributed by atoms with E-state index in [1.165, 1.54) is 4.88 Å². The van der Waals surface area contributed by atoms with E-state index in [0.29, 0.717) is 5.92 Å². The molecule has 0 aromatic carbocycles. The minimum Gasteiger partial charge on any atom is -0.298 e. The molecule has 1 unspecified atom stereocenters. The van der Waals surface area contributed by atoms with E-state index in [4.69, 9.17) is 0 Å². The van der Waals surface area contributed by atoms with E-state index < -0.39 is 0 Å². The number of aromatic nitrogens is 2. The van der Waals surface area contributed by atoms with Crippen molar-refractivity contribution in [2.45, 2.75) is 40.2 Å². The van der Waals surface area contributed by atoms with Crippen LogP contribution < -0.4 is 5.56 Å². The van der Waals surface area contributed by atoms with Gasteiger partial charge in [-0.1, -0.05) is 29.3 Å². The molecule has 5 heteroatoms. The highest BCUT2D eigenvalue weighted by molar-refractivity contribution is 9.09. The van der Waals surface area contributed by atoms with Crippen molar-refractivity contribution in [3.8, 4) is 0 Å². The van der Waals surface area contributed by atoms with Crippen LogP contribution in [0.25, 0.3) is 10.2 Å². The summed E-state index contributed by atoms with van der Waals surface area (Å²) in [5, 5.41) is 1.72. The maximum absolute atomic E-state index is 12.5. The average Bonchev–Trinajstić information content (AvgIpc) is 2.68. The van der Waals surface area contributed by atoms with E-state index in [2.05, 4.69) is 27.8 Å². The summed E-state index contributed by atoms with van der Waals surface area (Å²) in [7, 11) is 0. The van der Waals surface area contributed by atoms with Crippen LogP contribution in [-0.4, -0.2) is 14.9 Å². The largest absolute Gasteiger partial charge is 0.298 e. The van der Waals surface area contributed by atoms with Crippen molar-refractivity contribution in [1.29, 1.82) is 0 Å². The number of hydrogen-bond acceptors (Lipinski definition) is 3. The Kier molecular flexibility index (Phi) is 4.79. The third kappa shape index (κ3) is 2.92. The fourth-order valence-electron chi connectivity index (χ4n) is 2.30. The van der Waals surface area contributed by atoms with Gasteiger partial charge in [0.1, 0.15) is 4.83 Å². The molecule has 19 heavy (non-hydrogen) atoms. The summed E-state index contributed by atoms with van der Waals surface area (Å²) >= 11 is 5.14. The van der Waals surface area contributed by atoms with Gasteiger partial charge in [0.15, 0.2) is 0 Å². The van der Waals surface area contributed by atoms with Crippen LogP contribution in [0.1, 0.15) is 30.2 Å². The van der Waals surface area contributed by atoms with Gasteiger partial charge in [-0.15, -0.1) is 11.3 Å². The molecule has 2 rings (SSSR count). The van der Waals surface area contributed by atoms with Crippen molar-refractivity contribution in [1.82, 2.24) is 9.55 Å². The zero-order valence-corrected chi connectivity index (χ0v) is 14.0. The quantitative estimate of drug-likeness (QED) is 0.772. The number of hydrogen-bond donors (Lipinski definition) is 0. The van der Waals surface area contributed by atoms with E-state index in [1.807, 2.05) is 13.8 Å². The summed E-state index contributed by atoms with van der Waals surface area (Å²) in [6.07, 6.45) is 3.96. The lowest BCUT2D eigenvalue weighted by Gasteiger charge is -2.14. The van der Waals surface area contributed by atoms with Gasteiger partial charge in [0.25, 0.3) is 5.56 Å². The molecule has 0 aliphatic rings. The molecule has 0 saturated heterocycles. The van der Waals surface area contributed by atoms with Gasteiger partial charge in [-0.2, -0.15) is 0 Å². The van der Waals surface area contributed by atoms with Gasteiger partial charge >= 0.3 is 0 Å². The van der Waals surface area contributed by atoms with Crippen molar-refractivity contribution in [2.24, 2.45) is 5.92 Å². The second-order valence-electron chi connectivity index (χ2n) is 4.97. The Labute approximate surface area is 125 Å². The van der Waals surface area contributed by atoms with Gasteiger partial charge < -0.3 is 0 Å². The highest BCUT2D eigenvalue weighted by atomic mass is 79.9. The van der Waals surface area contributed by atoms with E-state index >= 15 is 0 Å². The molecule has 0 N–H and O–H groups in total. The van der Waals surface area contributed by atoms with Gasteiger partial charge in [0, 0.05) is 16.8 Å². The first kappa shape index (κ1) is 14.7. The standard InChI is InChI=1S/C14H19BrN2OS/c1-4-5-11(6-15)7-17-8-16-13-12(14(17)18)9(2)10(3)19-13/h8,11H,4-7H2,1-3H3. The molecule has 3 nitrogen and oxygen atoms in total. The number of fused-ring (bicyclic) bond motifs is 1. The molecule has 0 aliphatic carbocycles. The van der Waals surface area contributed by atoms with Gasteiger partial charge in [0.2, 0.25) is 0 Å². The Balaban J connectivity index is 2.42. The molecule has 0 fully saturated rings. The number of halogens is 1. The molecule has 1 atom stereocenters. The van der Waals surface area contributed by atoms with E-state index in [1.54, 1.807) is 22.2 Å². The number of rotatable bonds is 5. The first-order valence-electron chi connectivity index (χ1n) is 6.59. The molecular weight excluding hydrogens is 324 g/mol. The highest BCUT2D eigenvalue weighted by Gasteiger charge is 2.14. The smallest absolute Gasteiger partial charge is 0.262 e. The Hall–Kier alpha value is -0.680. The first-order valence-corrected chi connectivity index (χ1v) is 8.53. The normalized spacial score (nSPS) is 13.1. The van der Waals surface area contributed by atoms with Gasteiger partial charge in [-0.05, 0) is 31.7 Å². The SMILES string of the molecule is CCCC(CBr)Cn1cnc2sc(C)c(C)c2c1=O. The van der Waals surface area contributed by atoms with Crippen LogP contribution in [0.15, 0.2) is 11.1 Å². The third-order valence-electron chi connectivity index (χ3n) is 3.53. The maximum Gasteiger partial charge on any atom is 0.262 e. The second-order valence-corrected chi connectivity index (χ2v) is 6.83. The predicted molar refractivity (Wildman–Crippen MR) is 85.5 cm³/mol. The Morgan fingerprint density at radius 2 is 2.21 bits per heavy atom. The van der Waals surface area contributed by atoms with Crippen LogP contribution >= 0.6 is 27.3 Å². The molecule has 0 spiro atoms. The molecule has 2 heterocycles. The topological polar surface area (TPSA) is 34.9 Å². The summed E-state index contributed by atoms with van der Waals surface area (Å²) in [5.74, 6) is 0.488. The Morgan fingerprint density at radius 1 is 1.47 bits per heavy atom. The first-order chi connectivity index (χ1) is 9.08. The molecule has 104 valence electrons. The molecule has 0 saturated carbocycles. The van der Waals surface area contributed by atoms with Crippen LogP contribution in [0, 0.1) is 19.8 Å². The molecule has 0 bridgehead atoms. The molecular formula is C14H19BrN2OS. The number of thiophene rings is 1. The van der Waals surface area contributed by atoms with Crippen LogP contribution in [-0.2, 0) is 6.54 Å². The van der Waals surface area contributed by atoms with Crippen LogP contribution in [0.2, 0.25) is 0 Å². The number of alkyl halides is 1. The van der Waals surface area contributed by atoms with Crippen molar-refractivity contribution in [3.63, 3.8) is 0 Å². The average molecular weight is 343 g/mol. The van der Waals surface area contributed by atoms with Crippen molar-refractivity contribution in [2.75, 3.05) is 5.33 Å². The lowest BCUT2D eigenvalue weighted by atomic mass is 10.1. The van der Waals surface area contributed by atoms with Crippen molar-refractivity contribution < 1.29 is 0 Å². The lowest BCUT2D eigenvalue weighted by Crippen LogP contribution is -2.25. The summed E-state index contributed by atoms with van der Waals surface area (Å²) in [6.45, 7) is 6.97. The van der Waals surface area contributed by atoms with Crippen molar-refractivity contribution in [3.05, 3.63) is 27.1 Å². The minimum atomic E-state index is 0.105. The molecule has 0 aliphatic heterocycles. The lowest BCUT2D eigenvalue weighted by molar-refractivity contribution is 0.446. The monoisotopic (exact) mass is 342 g/mol. The van der Waals surface area contributed by atoms with Crippen molar-refractivity contribution >= 4 is 37.5 Å². The second kappa shape index (κ2) is 6.18. The number of aryl methyl sites for hydroxylation is 2. The fraction of sp³-hybridized carbons (Fsp3) is 0.571. The van der Waals surface area contributed by atoms with Crippen LogP contribution in [0.5, 0.6) is 0 Å². The van der Waals surface area contributed by atoms with Gasteiger partial charge in [-0.3, -0.25) is 9.36 Å². The highest BCUT2D eigenvalue weighted by Crippen LogP contribution is 2.25. The summed E-state index contributed by atoms with van der Waals surface area (Å²) in [6, 6.07) is 0. The fourth-order valence-corrected chi connectivity index (χ4v) is 3.82. The van der Waals surface area contributed by atoms with Crippen LogP contribution in [0.4, 0.5) is 0 Å². The molecule has 0 radical (unpaired) electrons. The van der Waals surface area contributed by atoms with E-state index in [-0.39, 0.29) is 5.56 Å². The van der Waals surface area contributed by atoms with E-state index in [9.17, 15) is 4.79 Å². The van der Waals surface area contributed by atoms with Gasteiger partial charge in [0.05, 0.1) is 11.7 Å². The summed E-state index contributed by atoms with van der Waals surface area (Å²) < 4.78 is 1.77. The minimum absolute atomic E-state index is 0.105. The van der Waals surface area contributed by atoms with Gasteiger partial charge in [-0.25, -0.2) is 4.98 Å². The predicted octanol–water partition coefficient (Wildman–Crippen LogP) is 3.89. The zero-order valence-electron chi connectivity index (χ0n) is 11.6. The van der Waals surface area contributed by atoms with Crippen LogP contribution in [0.3, 0.4) is 0 Å². The summed E-state index contributed by atoms with van der Waals surface area (Å²) in [5.41, 5.74) is 1.19. The Morgan fingerprint density at radius 3 is 2.84 bits per heavy atom. The maximum atomic E-state index is 12.5. The summed E-state index contributed by atoms with van der Waals surface area (Å²) in [4.78, 5) is 19.0.